The highest BCUT2D eigenvalue weighted by atomic mass is 35.5. The molecular weight excluding hydrogens is 296 g/mol. The minimum Gasteiger partial charge on any atom is -0.389 e. The van der Waals surface area contributed by atoms with Crippen molar-refractivity contribution in [1.29, 1.82) is 0 Å². The van der Waals surface area contributed by atoms with Crippen LogP contribution in [0.5, 0.6) is 0 Å². The van der Waals surface area contributed by atoms with Crippen molar-refractivity contribution in [2.75, 3.05) is 18.5 Å². The number of nitrogens with zero attached hydrogens (tertiary/aromatic N) is 1. The van der Waals surface area contributed by atoms with E-state index in [1.54, 1.807) is 11.3 Å². The van der Waals surface area contributed by atoms with Crippen LogP contribution in [-0.4, -0.2) is 18.6 Å². The van der Waals surface area contributed by atoms with Gasteiger partial charge in [0.25, 0.3) is 0 Å². The average Bonchev–Trinajstić information content (AvgIpc) is 2.88. The van der Waals surface area contributed by atoms with Crippen molar-refractivity contribution in [3.63, 3.8) is 0 Å². The van der Waals surface area contributed by atoms with Crippen LogP contribution in [0.4, 0.5) is 5.69 Å². The monoisotopic (exact) mass is 310 g/mol. The Hall–Kier alpha value is -1.10. The van der Waals surface area contributed by atoms with Crippen LogP contribution in [0.15, 0.2) is 35.7 Å². The molecule has 19 heavy (non-hydrogen) atoms. The second-order valence-corrected chi connectivity index (χ2v) is 6.16. The van der Waals surface area contributed by atoms with Gasteiger partial charge in [0, 0.05) is 29.7 Å². The third-order valence-corrected chi connectivity index (χ3v) is 4.40. The number of nitrogens with two attached hydrogens (primary N) is 1. The van der Waals surface area contributed by atoms with Crippen LogP contribution in [0, 0.1) is 0 Å². The summed E-state index contributed by atoms with van der Waals surface area (Å²) in [6.07, 6.45) is 1.03. The maximum atomic E-state index is 6.18. The highest BCUT2D eigenvalue weighted by molar-refractivity contribution is 7.80. The molecule has 0 aliphatic rings. The Kier molecular flexibility index (Phi) is 4.80. The lowest BCUT2D eigenvalue weighted by Crippen LogP contribution is -2.20. The number of thiophene rings is 1. The molecule has 0 fully saturated rings. The fraction of sp³-hybridized carbons (Fsp3) is 0.214. The van der Waals surface area contributed by atoms with Crippen LogP contribution in [0.25, 0.3) is 0 Å². The van der Waals surface area contributed by atoms with Gasteiger partial charge in [0.2, 0.25) is 0 Å². The maximum Gasteiger partial charge on any atom is 0.105 e. The van der Waals surface area contributed by atoms with E-state index >= 15 is 0 Å². The molecule has 0 saturated heterocycles. The molecular formula is C14H15ClN2S2. The third-order valence-electron chi connectivity index (χ3n) is 2.93. The molecule has 0 amide bonds. The predicted molar refractivity (Wildman–Crippen MR) is 88.6 cm³/mol. The number of hydrogen-bond donors (Lipinski definition) is 1. The Morgan fingerprint density at radius 1 is 1.42 bits per heavy atom. The van der Waals surface area contributed by atoms with E-state index in [4.69, 9.17) is 29.6 Å². The van der Waals surface area contributed by atoms with E-state index in [-0.39, 0.29) is 0 Å². The molecule has 2 nitrogen and oxygen atoms in total. The number of halogens is 1. The molecule has 0 spiro atoms. The summed E-state index contributed by atoms with van der Waals surface area (Å²) in [5.74, 6) is 0. The molecule has 0 unspecified atom stereocenters. The number of likely N-dealkylation sites (N-methyl/N-ethyl adjacent to an activating group) is 1. The van der Waals surface area contributed by atoms with Crippen molar-refractivity contribution >= 4 is 45.8 Å². The summed E-state index contributed by atoms with van der Waals surface area (Å²) in [4.78, 5) is 3.89. The van der Waals surface area contributed by atoms with Gasteiger partial charge in [-0.25, -0.2) is 0 Å². The van der Waals surface area contributed by atoms with Crippen LogP contribution >= 0.6 is 35.2 Å². The Morgan fingerprint density at radius 2 is 2.21 bits per heavy atom. The number of hydrogen-bond acceptors (Lipinski definition) is 3. The van der Waals surface area contributed by atoms with Gasteiger partial charge in [0.15, 0.2) is 0 Å². The van der Waals surface area contributed by atoms with Crippen molar-refractivity contribution < 1.29 is 0 Å². The van der Waals surface area contributed by atoms with E-state index in [2.05, 4.69) is 29.5 Å². The molecule has 0 bridgehead atoms. The quantitative estimate of drug-likeness (QED) is 0.854. The molecule has 1 aromatic heterocycles. The second kappa shape index (κ2) is 6.37. The lowest BCUT2D eigenvalue weighted by Gasteiger charge is -2.19. The zero-order valence-corrected chi connectivity index (χ0v) is 13.0. The van der Waals surface area contributed by atoms with Gasteiger partial charge in [0.05, 0.1) is 5.02 Å². The van der Waals surface area contributed by atoms with Crippen LogP contribution < -0.4 is 10.6 Å². The van der Waals surface area contributed by atoms with Crippen LogP contribution in [0.1, 0.15) is 10.4 Å². The van der Waals surface area contributed by atoms with Crippen molar-refractivity contribution in [2.24, 2.45) is 5.73 Å². The van der Waals surface area contributed by atoms with Gasteiger partial charge in [-0.05, 0) is 36.1 Å². The molecule has 5 heteroatoms. The van der Waals surface area contributed by atoms with Crippen LogP contribution in [0.2, 0.25) is 5.02 Å². The topological polar surface area (TPSA) is 29.3 Å². The Bertz CT molecular complexity index is 567. The van der Waals surface area contributed by atoms with E-state index in [1.807, 2.05) is 18.2 Å². The number of rotatable bonds is 5. The predicted octanol–water partition coefficient (Wildman–Crippen LogP) is 3.71. The molecule has 0 atom stereocenters. The van der Waals surface area contributed by atoms with Crippen molar-refractivity contribution in [3.05, 3.63) is 51.2 Å². The highest BCUT2D eigenvalue weighted by Gasteiger charge is 2.07. The van der Waals surface area contributed by atoms with Crippen molar-refractivity contribution in [1.82, 2.24) is 0 Å². The zero-order chi connectivity index (χ0) is 13.8. The molecule has 100 valence electrons. The Labute approximate surface area is 127 Å². The fourth-order valence-corrected chi connectivity index (χ4v) is 3.01. The van der Waals surface area contributed by atoms with Crippen molar-refractivity contribution in [3.8, 4) is 0 Å². The highest BCUT2D eigenvalue weighted by Crippen LogP contribution is 2.23. The van der Waals surface area contributed by atoms with Gasteiger partial charge in [-0.2, -0.15) is 0 Å². The van der Waals surface area contributed by atoms with Gasteiger partial charge < -0.3 is 10.6 Å². The molecule has 2 N–H and O–H groups in total. The molecule has 0 aliphatic carbocycles. The largest absolute Gasteiger partial charge is 0.389 e. The first-order chi connectivity index (χ1) is 9.08. The zero-order valence-electron chi connectivity index (χ0n) is 10.6. The standard InChI is InChI=1S/C14H15ClN2S2/c1-17(7-6-11-3-2-8-19-11)10-4-5-12(14(16)18)13(15)9-10/h2-5,8-9H,6-7H2,1H3,(H2,16,18). The normalized spacial score (nSPS) is 10.4. The maximum absolute atomic E-state index is 6.18. The number of anilines is 1. The van der Waals surface area contributed by atoms with Gasteiger partial charge in [0.1, 0.15) is 4.99 Å². The molecule has 1 heterocycles. The minimum absolute atomic E-state index is 0.331. The lowest BCUT2D eigenvalue weighted by atomic mass is 10.2. The summed E-state index contributed by atoms with van der Waals surface area (Å²) >= 11 is 12.9. The fourth-order valence-electron chi connectivity index (χ4n) is 1.80. The number of benzene rings is 1. The number of thiocarbonyl (C=S) groups is 1. The van der Waals surface area contributed by atoms with E-state index in [0.29, 0.717) is 10.0 Å². The van der Waals surface area contributed by atoms with Crippen LogP contribution in [-0.2, 0) is 6.42 Å². The molecule has 2 aromatic rings. The average molecular weight is 311 g/mol. The lowest BCUT2D eigenvalue weighted by molar-refractivity contribution is 0.887. The van der Waals surface area contributed by atoms with E-state index in [9.17, 15) is 0 Å². The third kappa shape index (κ3) is 3.69. The van der Waals surface area contributed by atoms with Gasteiger partial charge >= 0.3 is 0 Å². The van der Waals surface area contributed by atoms with E-state index in [0.717, 1.165) is 24.2 Å². The molecule has 0 aliphatic heterocycles. The smallest absolute Gasteiger partial charge is 0.105 e. The van der Waals surface area contributed by atoms with Gasteiger partial charge in [-0.15, -0.1) is 11.3 Å². The summed E-state index contributed by atoms with van der Waals surface area (Å²) in [7, 11) is 2.06. The summed E-state index contributed by atoms with van der Waals surface area (Å²) in [5, 5.41) is 2.70. The SMILES string of the molecule is CN(CCc1cccs1)c1ccc(C(N)=S)c(Cl)c1. The summed E-state index contributed by atoms with van der Waals surface area (Å²) < 4.78 is 0. The van der Waals surface area contributed by atoms with Crippen LogP contribution in [0.3, 0.4) is 0 Å². The first kappa shape index (κ1) is 14.3. The second-order valence-electron chi connectivity index (χ2n) is 4.28. The summed E-state index contributed by atoms with van der Waals surface area (Å²) in [6.45, 7) is 0.948. The molecule has 0 saturated carbocycles. The van der Waals surface area contributed by atoms with Crippen molar-refractivity contribution in [2.45, 2.75) is 6.42 Å². The summed E-state index contributed by atoms with van der Waals surface area (Å²) in [6, 6.07) is 10.0. The minimum atomic E-state index is 0.331. The van der Waals surface area contributed by atoms with Gasteiger partial charge in [-0.3, -0.25) is 0 Å². The molecule has 0 radical (unpaired) electrons. The van der Waals surface area contributed by atoms with Gasteiger partial charge in [-0.1, -0.05) is 29.9 Å². The Morgan fingerprint density at radius 3 is 2.79 bits per heavy atom. The molecule has 1 aromatic carbocycles. The Balaban J connectivity index is 2.05. The molecule has 2 rings (SSSR count). The van der Waals surface area contributed by atoms with E-state index in [1.165, 1.54) is 4.88 Å². The first-order valence-corrected chi connectivity index (χ1v) is 7.57. The van der Waals surface area contributed by atoms with E-state index < -0.39 is 0 Å². The summed E-state index contributed by atoms with van der Waals surface area (Å²) in [5.41, 5.74) is 7.40. The first-order valence-electron chi connectivity index (χ1n) is 5.91.